The molecule has 0 radical (unpaired) electrons. The normalized spacial score (nSPS) is 18.3. The molecule has 0 aliphatic carbocycles. The molecule has 8 rings (SSSR count). The fourth-order valence-electron chi connectivity index (χ4n) is 10.1. The summed E-state index contributed by atoms with van der Waals surface area (Å²) in [5.41, 5.74) is 2.92. The quantitative estimate of drug-likeness (QED) is 0.0455. The number of nitrogens with one attached hydrogen (secondary N) is 4. The number of benzene rings is 4. The minimum Gasteiger partial charge on any atom is -0.545 e. The molecule has 0 unspecified atom stereocenters. The van der Waals surface area contributed by atoms with Gasteiger partial charge in [0.2, 0.25) is 8.32 Å². The molecule has 1 saturated heterocycles. The van der Waals surface area contributed by atoms with E-state index in [4.69, 9.17) is 27.8 Å². The summed E-state index contributed by atoms with van der Waals surface area (Å²) in [4.78, 5) is 62.5. The maximum atomic E-state index is 14.1. The lowest BCUT2D eigenvalue weighted by Crippen LogP contribution is -2.49. The lowest BCUT2D eigenvalue weighted by Gasteiger charge is -2.39. The van der Waals surface area contributed by atoms with E-state index in [1.165, 1.54) is 29.2 Å². The molecule has 2 aromatic heterocycles. The van der Waals surface area contributed by atoms with Gasteiger partial charge in [-0.2, -0.15) is 0 Å². The molecule has 87 heavy (non-hydrogen) atoms. The zero-order valence-corrected chi connectivity index (χ0v) is 55.4. The zero-order chi connectivity index (χ0) is 64.0. The molecule has 2 aliphatic rings. The van der Waals surface area contributed by atoms with Crippen molar-refractivity contribution in [2.45, 2.75) is 180 Å². The van der Waals surface area contributed by atoms with E-state index >= 15 is 0 Å². The van der Waals surface area contributed by atoms with Crippen LogP contribution in [0.2, 0.25) is 36.3 Å². The molecule has 4 aromatic carbocycles. The number of fused-ring (bicyclic) bond motifs is 2. The number of aliphatic hydroxyl groups excluding tert-OH is 1. The summed E-state index contributed by atoms with van der Waals surface area (Å²) in [6.45, 7) is 32.9. The Balaban J connectivity index is 0.000000249. The van der Waals surface area contributed by atoms with Gasteiger partial charge in [0.05, 0.1) is 37.0 Å². The molecule has 17 nitrogen and oxygen atoms in total. The highest BCUT2D eigenvalue weighted by atomic mass is 28.4. The van der Waals surface area contributed by atoms with Gasteiger partial charge in [0.1, 0.15) is 42.2 Å². The number of amides is 4. The van der Waals surface area contributed by atoms with Crippen LogP contribution in [0.5, 0.6) is 0 Å². The number of ether oxygens (including phenoxy) is 4. The van der Waals surface area contributed by atoms with Crippen molar-refractivity contribution in [3.8, 4) is 0 Å². The van der Waals surface area contributed by atoms with E-state index in [2.05, 4.69) is 88.3 Å². The van der Waals surface area contributed by atoms with Crippen LogP contribution in [-0.2, 0) is 41.0 Å². The van der Waals surface area contributed by atoms with Gasteiger partial charge < -0.3 is 53.5 Å². The molecule has 1 fully saturated rings. The van der Waals surface area contributed by atoms with E-state index in [-0.39, 0.29) is 55.3 Å². The predicted octanol–water partition coefficient (Wildman–Crippen LogP) is 14.5. The van der Waals surface area contributed by atoms with Crippen molar-refractivity contribution < 1.29 is 60.9 Å². The molecule has 2 aliphatic heterocycles. The standard InChI is InChI=1S/C33H46FN3O6Si.C33H44FN3O5Si/c1-32(2,3)42-31(40)37-19-27(43-44(7,8)33(4,5)6)29(38)28(37)25(24-17-35-26-16-22(34)14-15-23(24)26)18-36-30(39)41-20-21-12-10-9-11-13-21;1-32(2,3)41-31(39)37-20-24(42-43(7,8)33(4,5)6)17-29(37)27(26-18-35-28-16-23(34)14-15-25(26)28)19-36-30(38)40-21-22-12-10-9-11-13-22/h9-17,25,27-29,35,38H,18-20H2,1-8H3,(H,36,39);9-18,27,29,35H,19-21H2,1-8H3,(H,36,38)/t25-,27-,28-,29+;27-,29+/m11/s1. The van der Waals surface area contributed by atoms with Crippen LogP contribution in [0.1, 0.15) is 117 Å². The number of halogens is 2. The largest absolute Gasteiger partial charge is 0.545 e. The molecule has 6 atom stereocenters. The summed E-state index contributed by atoms with van der Waals surface area (Å²) in [5.74, 6) is -1.12. The molecule has 472 valence electrons. The van der Waals surface area contributed by atoms with E-state index in [0.29, 0.717) is 27.7 Å². The van der Waals surface area contributed by atoms with Crippen molar-refractivity contribution >= 4 is 62.8 Å². The molecular weight excluding hydrogens is 1150 g/mol. The molecule has 0 saturated carbocycles. The Morgan fingerprint density at radius 2 is 1.06 bits per heavy atom. The van der Waals surface area contributed by atoms with Crippen molar-refractivity contribution in [2.24, 2.45) is 0 Å². The van der Waals surface area contributed by atoms with Crippen LogP contribution in [0.25, 0.3) is 21.8 Å². The van der Waals surface area contributed by atoms with Crippen LogP contribution < -0.4 is 10.6 Å². The first-order valence-corrected chi connectivity index (χ1v) is 35.5. The number of hydrogen-bond acceptors (Lipinski definition) is 11. The van der Waals surface area contributed by atoms with E-state index in [0.717, 1.165) is 22.1 Å². The number of likely N-dealkylation sites (tertiary alicyclic amines) is 1. The highest BCUT2D eigenvalue weighted by molar-refractivity contribution is 6.74. The number of nitrogens with zero attached hydrogens (tertiary/aromatic N) is 2. The molecule has 0 bridgehead atoms. The van der Waals surface area contributed by atoms with Crippen molar-refractivity contribution in [1.82, 2.24) is 30.4 Å². The first-order chi connectivity index (χ1) is 40.5. The van der Waals surface area contributed by atoms with Crippen LogP contribution in [0.4, 0.5) is 28.0 Å². The zero-order valence-electron chi connectivity index (χ0n) is 53.4. The van der Waals surface area contributed by atoms with Crippen LogP contribution in [-0.4, -0.2) is 128 Å². The van der Waals surface area contributed by atoms with Gasteiger partial charge in [0.15, 0.2) is 8.32 Å². The Hall–Kier alpha value is -7.21. The number of aromatic nitrogens is 2. The Bertz CT molecular complexity index is 3370. The van der Waals surface area contributed by atoms with Crippen LogP contribution in [0.15, 0.2) is 121 Å². The highest BCUT2D eigenvalue weighted by Crippen LogP contribution is 2.44. The monoisotopic (exact) mass is 1240 g/mol. The summed E-state index contributed by atoms with van der Waals surface area (Å²) in [6, 6.07) is 26.3. The minimum atomic E-state index is -2.36. The Morgan fingerprint density at radius 3 is 1.51 bits per heavy atom. The summed E-state index contributed by atoms with van der Waals surface area (Å²) in [5, 5.41) is 19.0. The minimum absolute atomic E-state index is 0.0196. The van der Waals surface area contributed by atoms with Gasteiger partial charge in [-0.05, 0) is 143 Å². The number of carbonyl (C=O) groups is 4. The second-order valence-electron chi connectivity index (χ2n) is 27.6. The summed E-state index contributed by atoms with van der Waals surface area (Å²) in [7, 11) is -4.59. The second kappa shape index (κ2) is 27.0. The SMILES string of the molecule is CC(C)(C)OC(=O)N1CC(O[Si](C)(C)C(C)(C)C)=C[C@H]1[C@H](CNC(=O)OCc1ccccc1)c1c[nH]c2cc(F)ccc12.CC(C)(C)OC(=O)N1C[C@@H](O[Si](C)(C)C(C)(C)C)[C@H](O)[C@H]1[C@H](CNC(=O)OCc1ccccc1)c1c[nH]c2cc(F)ccc12. The highest BCUT2D eigenvalue weighted by Gasteiger charge is 2.53. The van der Waals surface area contributed by atoms with Gasteiger partial charge in [-0.25, -0.2) is 28.0 Å². The maximum absolute atomic E-state index is 14.1. The van der Waals surface area contributed by atoms with E-state index in [9.17, 15) is 33.1 Å². The first kappa shape index (κ1) is 67.3. The number of aromatic amines is 2. The molecule has 5 N–H and O–H groups in total. The number of hydrogen-bond donors (Lipinski definition) is 5. The number of carbonyl (C=O) groups excluding carboxylic acids is 4. The third kappa shape index (κ3) is 17.5. The van der Waals surface area contributed by atoms with Gasteiger partial charge in [-0.15, -0.1) is 0 Å². The molecule has 4 amide bonds. The second-order valence-corrected chi connectivity index (χ2v) is 37.1. The van der Waals surface area contributed by atoms with Crippen molar-refractivity contribution in [2.75, 3.05) is 26.2 Å². The molecular formula is C66H90F2N6O11Si2. The Kier molecular flexibility index (Phi) is 20.9. The Morgan fingerprint density at radius 1 is 0.621 bits per heavy atom. The number of H-pyrrole nitrogens is 2. The van der Waals surface area contributed by atoms with Crippen molar-refractivity contribution in [3.63, 3.8) is 0 Å². The molecule has 0 spiro atoms. The lowest BCUT2D eigenvalue weighted by atomic mass is 9.87. The molecule has 4 heterocycles. The molecule has 21 heteroatoms. The third-order valence-electron chi connectivity index (χ3n) is 16.5. The van der Waals surface area contributed by atoms with Gasteiger partial charge in [-0.1, -0.05) is 102 Å². The van der Waals surface area contributed by atoms with E-state index in [1.807, 2.05) is 87.5 Å². The Labute approximate surface area is 513 Å². The maximum Gasteiger partial charge on any atom is 0.411 e. The lowest BCUT2D eigenvalue weighted by molar-refractivity contribution is 0.00922. The van der Waals surface area contributed by atoms with E-state index in [1.54, 1.807) is 50.2 Å². The average molecular weight is 1240 g/mol. The number of rotatable bonds is 16. The molecule has 6 aromatic rings. The van der Waals surface area contributed by atoms with Crippen LogP contribution >= 0.6 is 0 Å². The summed E-state index contributed by atoms with van der Waals surface area (Å²) >= 11 is 0. The van der Waals surface area contributed by atoms with Gasteiger partial charge in [0, 0.05) is 59.1 Å². The van der Waals surface area contributed by atoms with E-state index < -0.39 is 94.2 Å². The fraction of sp³-hybridized carbons (Fsp3) is 0.485. The third-order valence-corrected chi connectivity index (χ3v) is 25.4. The fourth-order valence-corrected chi connectivity index (χ4v) is 12.5. The van der Waals surface area contributed by atoms with Crippen molar-refractivity contribution in [1.29, 1.82) is 0 Å². The van der Waals surface area contributed by atoms with Gasteiger partial charge in [0.25, 0.3) is 0 Å². The first-order valence-electron chi connectivity index (χ1n) is 29.7. The number of alkyl carbamates (subject to hydrolysis) is 2. The van der Waals surface area contributed by atoms with Gasteiger partial charge in [-0.3, -0.25) is 9.80 Å². The van der Waals surface area contributed by atoms with Gasteiger partial charge >= 0.3 is 24.4 Å². The predicted molar refractivity (Wildman–Crippen MR) is 339 cm³/mol. The average Bonchev–Trinajstić information content (AvgIpc) is 1.70. The smallest absolute Gasteiger partial charge is 0.411 e. The number of aliphatic hydroxyl groups is 1. The van der Waals surface area contributed by atoms with Crippen LogP contribution in [0, 0.1) is 11.6 Å². The summed E-state index contributed by atoms with van der Waals surface area (Å²) in [6.07, 6.45) is 1.42. The topological polar surface area (TPSA) is 206 Å². The van der Waals surface area contributed by atoms with Crippen LogP contribution in [0.3, 0.4) is 0 Å². The van der Waals surface area contributed by atoms with Crippen molar-refractivity contribution in [3.05, 3.63) is 155 Å². The summed E-state index contributed by atoms with van der Waals surface area (Å²) < 4.78 is 64.1.